The number of amides is 1. The number of fused-ring (bicyclic) bond motifs is 1. The van der Waals surface area contributed by atoms with Crippen LogP contribution in [0.4, 0.5) is 5.82 Å². The molecular weight excluding hydrogens is 564 g/mol. The zero-order chi connectivity index (χ0) is 31.9. The smallest absolute Gasteiger partial charge is 0.327 e. The second-order valence-electron chi connectivity index (χ2n) is 10.7. The number of carbonyl (C=O) groups is 2. The van der Waals surface area contributed by atoms with Crippen molar-refractivity contribution in [2.24, 2.45) is 0 Å². The monoisotopic (exact) mass is 612 g/mol. The zero-order valence-electron chi connectivity index (χ0n) is 26.6. The van der Waals surface area contributed by atoms with Gasteiger partial charge in [0.2, 0.25) is 5.91 Å². The van der Waals surface area contributed by atoms with Crippen molar-refractivity contribution < 1.29 is 19.1 Å². The van der Waals surface area contributed by atoms with Crippen LogP contribution in [0.5, 0.6) is 6.01 Å². The number of hydrogen-bond donors (Lipinski definition) is 3. The molecule has 0 fully saturated rings. The van der Waals surface area contributed by atoms with Gasteiger partial charge in [0.25, 0.3) is 0 Å². The average Bonchev–Trinajstić information content (AvgIpc) is 3.34. The van der Waals surface area contributed by atoms with Gasteiger partial charge in [0, 0.05) is 19.6 Å². The summed E-state index contributed by atoms with van der Waals surface area (Å²) in [5, 5.41) is 3.33. The molecule has 0 aliphatic carbocycles. The van der Waals surface area contributed by atoms with Gasteiger partial charge in [0.15, 0.2) is 11.5 Å². The number of imidazole rings is 1. The van der Waals surface area contributed by atoms with E-state index >= 15 is 0 Å². The van der Waals surface area contributed by atoms with Crippen molar-refractivity contribution in [1.29, 1.82) is 0 Å². The summed E-state index contributed by atoms with van der Waals surface area (Å²) >= 11 is 0. The number of aromatic nitrogens is 4. The van der Waals surface area contributed by atoms with Gasteiger partial charge in [-0.15, -0.1) is 0 Å². The summed E-state index contributed by atoms with van der Waals surface area (Å²) in [5.41, 5.74) is 8.29. The molecule has 2 aromatic heterocycles. The first-order valence-corrected chi connectivity index (χ1v) is 15.5. The standard InChI is InChI=1S/C31H48N8O5/c1-5-8-19-44-30-35-28(32)27-29(36-30)39(31(42)34-27)18-10-17-38(25(40)22-37(7-3)16-9-15-33-6-2)21-24-13-11-23(12-14-24)20-26(41)43-4/h11-14,33H,5-10,15-22H2,1-4H3,(H,34,42)(H2,32,35,36). The number of ether oxygens (including phenoxy) is 2. The van der Waals surface area contributed by atoms with Crippen LogP contribution in [-0.2, 0) is 33.8 Å². The summed E-state index contributed by atoms with van der Waals surface area (Å²) < 4.78 is 11.9. The molecule has 0 bridgehead atoms. The molecular formula is C31H48N8O5. The van der Waals surface area contributed by atoms with Gasteiger partial charge in [-0.2, -0.15) is 9.97 Å². The molecule has 4 N–H and O–H groups in total. The number of unbranched alkanes of at least 4 members (excludes halogenated alkanes) is 1. The van der Waals surface area contributed by atoms with Crippen LogP contribution >= 0.6 is 0 Å². The van der Waals surface area contributed by atoms with E-state index in [1.54, 1.807) is 0 Å². The number of aryl methyl sites for hydroxylation is 1. The molecule has 0 unspecified atom stereocenters. The number of anilines is 1. The number of carbonyl (C=O) groups excluding carboxylic acids is 2. The Morgan fingerprint density at radius 3 is 2.48 bits per heavy atom. The lowest BCUT2D eigenvalue weighted by Crippen LogP contribution is -2.41. The normalized spacial score (nSPS) is 11.3. The summed E-state index contributed by atoms with van der Waals surface area (Å²) in [4.78, 5) is 53.5. The van der Waals surface area contributed by atoms with Gasteiger partial charge in [-0.3, -0.25) is 19.1 Å². The predicted octanol–water partition coefficient (Wildman–Crippen LogP) is 2.34. The Hall–Kier alpha value is -3.97. The Labute approximate surface area is 259 Å². The molecule has 2 heterocycles. The zero-order valence-corrected chi connectivity index (χ0v) is 26.6. The van der Waals surface area contributed by atoms with Crippen LogP contribution in [0.2, 0.25) is 0 Å². The van der Waals surface area contributed by atoms with E-state index in [9.17, 15) is 14.4 Å². The molecule has 0 spiro atoms. The van der Waals surface area contributed by atoms with Crippen molar-refractivity contribution in [3.63, 3.8) is 0 Å². The Bertz CT molecular complexity index is 1390. The first-order chi connectivity index (χ1) is 21.3. The third-order valence-corrected chi connectivity index (χ3v) is 7.38. The van der Waals surface area contributed by atoms with Gasteiger partial charge in [-0.25, -0.2) is 4.79 Å². The van der Waals surface area contributed by atoms with E-state index in [4.69, 9.17) is 15.2 Å². The number of methoxy groups -OCH3 is 1. The minimum absolute atomic E-state index is 0.0124. The number of nitrogens with one attached hydrogen (secondary N) is 2. The Morgan fingerprint density at radius 1 is 1.05 bits per heavy atom. The average molecular weight is 613 g/mol. The number of nitrogens with zero attached hydrogens (tertiary/aromatic N) is 5. The molecule has 0 aliphatic heterocycles. The number of nitrogens with two attached hydrogens (primary N) is 1. The summed E-state index contributed by atoms with van der Waals surface area (Å²) in [6.45, 7) is 11.5. The van der Waals surface area contributed by atoms with Gasteiger partial charge in [-0.05, 0) is 56.6 Å². The predicted molar refractivity (Wildman–Crippen MR) is 170 cm³/mol. The minimum atomic E-state index is -0.344. The molecule has 0 saturated heterocycles. The molecule has 0 aliphatic rings. The van der Waals surface area contributed by atoms with E-state index in [2.05, 4.69) is 45.9 Å². The van der Waals surface area contributed by atoms with Gasteiger partial charge >= 0.3 is 17.7 Å². The molecule has 3 aromatic rings. The maximum atomic E-state index is 13.6. The number of aromatic amines is 1. The van der Waals surface area contributed by atoms with Crippen molar-refractivity contribution in [2.45, 2.75) is 66.0 Å². The highest BCUT2D eigenvalue weighted by Gasteiger charge is 2.19. The topological polar surface area (TPSA) is 161 Å². The minimum Gasteiger partial charge on any atom is -0.469 e. The highest BCUT2D eigenvalue weighted by atomic mass is 16.5. The number of likely N-dealkylation sites (N-methyl/N-ethyl adjacent to an activating group) is 1. The maximum Gasteiger partial charge on any atom is 0.327 e. The van der Waals surface area contributed by atoms with E-state index in [0.29, 0.717) is 50.4 Å². The number of hydrogen-bond acceptors (Lipinski definition) is 10. The molecule has 1 amide bonds. The number of H-pyrrole nitrogens is 1. The van der Waals surface area contributed by atoms with E-state index in [1.807, 2.05) is 29.2 Å². The van der Waals surface area contributed by atoms with Crippen LogP contribution in [0.1, 0.15) is 57.6 Å². The highest BCUT2D eigenvalue weighted by Crippen LogP contribution is 2.18. The summed E-state index contributed by atoms with van der Waals surface area (Å²) in [7, 11) is 1.37. The van der Waals surface area contributed by atoms with Crippen LogP contribution in [-0.4, -0.2) is 94.2 Å². The Balaban J connectivity index is 1.74. The van der Waals surface area contributed by atoms with Crippen molar-refractivity contribution >= 4 is 28.9 Å². The van der Waals surface area contributed by atoms with Crippen LogP contribution in [0.3, 0.4) is 0 Å². The lowest BCUT2D eigenvalue weighted by molar-refractivity contribution is -0.139. The third kappa shape index (κ3) is 10.3. The first-order valence-electron chi connectivity index (χ1n) is 15.5. The number of esters is 1. The van der Waals surface area contributed by atoms with Crippen molar-refractivity contribution in [3.8, 4) is 6.01 Å². The first kappa shape index (κ1) is 34.5. The lowest BCUT2D eigenvalue weighted by Gasteiger charge is -2.27. The lowest BCUT2D eigenvalue weighted by atomic mass is 10.1. The summed E-state index contributed by atoms with van der Waals surface area (Å²) in [5.74, 6) is -0.139. The maximum absolute atomic E-state index is 13.6. The molecule has 44 heavy (non-hydrogen) atoms. The van der Waals surface area contributed by atoms with E-state index in [0.717, 1.165) is 56.6 Å². The fraction of sp³-hybridized carbons (Fsp3) is 0.581. The largest absolute Gasteiger partial charge is 0.469 e. The number of rotatable bonds is 20. The summed E-state index contributed by atoms with van der Waals surface area (Å²) in [6.07, 6.45) is 3.48. The Kier molecular flexibility index (Phi) is 14.1. The molecule has 0 atom stereocenters. The van der Waals surface area contributed by atoms with E-state index in [1.165, 1.54) is 11.7 Å². The third-order valence-electron chi connectivity index (χ3n) is 7.38. The van der Waals surface area contributed by atoms with Crippen molar-refractivity contribution in [2.75, 3.05) is 58.7 Å². The van der Waals surface area contributed by atoms with E-state index < -0.39 is 0 Å². The molecule has 242 valence electrons. The molecule has 0 radical (unpaired) electrons. The second kappa shape index (κ2) is 18.0. The SMILES string of the molecule is CCCCOc1nc(N)c2[nH]c(=O)n(CCCN(Cc3ccc(CC(=O)OC)cc3)C(=O)CN(CC)CCCNCC)c2n1. The van der Waals surface area contributed by atoms with Crippen molar-refractivity contribution in [3.05, 3.63) is 45.9 Å². The molecule has 0 saturated carbocycles. The van der Waals surface area contributed by atoms with Crippen LogP contribution in [0.25, 0.3) is 11.2 Å². The number of nitrogen functional groups attached to an aromatic ring is 1. The second-order valence-corrected chi connectivity index (χ2v) is 10.7. The fourth-order valence-corrected chi connectivity index (χ4v) is 4.79. The van der Waals surface area contributed by atoms with Gasteiger partial charge < -0.3 is 30.4 Å². The molecule has 3 rings (SSSR count). The molecule has 13 heteroatoms. The quantitative estimate of drug-likeness (QED) is 0.128. The van der Waals surface area contributed by atoms with Crippen LogP contribution < -0.4 is 21.5 Å². The Morgan fingerprint density at radius 2 is 1.80 bits per heavy atom. The molecule has 1 aromatic carbocycles. The van der Waals surface area contributed by atoms with Gasteiger partial charge in [-0.1, -0.05) is 51.5 Å². The van der Waals surface area contributed by atoms with Crippen LogP contribution in [0.15, 0.2) is 29.1 Å². The van der Waals surface area contributed by atoms with Gasteiger partial charge in [0.05, 0.1) is 26.7 Å². The van der Waals surface area contributed by atoms with Crippen LogP contribution in [0, 0.1) is 0 Å². The van der Waals surface area contributed by atoms with E-state index in [-0.39, 0.29) is 35.8 Å². The molecule has 13 nitrogen and oxygen atoms in total. The number of benzene rings is 1. The summed E-state index contributed by atoms with van der Waals surface area (Å²) in [6, 6.07) is 7.75. The van der Waals surface area contributed by atoms with Gasteiger partial charge in [0.1, 0.15) is 5.52 Å². The fourth-order valence-electron chi connectivity index (χ4n) is 4.79. The highest BCUT2D eigenvalue weighted by molar-refractivity contribution is 5.82. The van der Waals surface area contributed by atoms with Crippen molar-refractivity contribution in [1.82, 2.24) is 34.6 Å².